The van der Waals surface area contributed by atoms with Gasteiger partial charge in [-0.3, -0.25) is 10.3 Å². The lowest BCUT2D eigenvalue weighted by Crippen LogP contribution is -2.23. The van der Waals surface area contributed by atoms with Crippen molar-refractivity contribution in [2.75, 3.05) is 11.7 Å². The molecule has 0 spiro atoms. The number of carbonyl (C=O) groups is 1. The van der Waals surface area contributed by atoms with Gasteiger partial charge in [-0.05, 0) is 54.1 Å². The van der Waals surface area contributed by atoms with Gasteiger partial charge in [0.1, 0.15) is 17.1 Å². The molecule has 0 atom stereocenters. The maximum Gasteiger partial charge on any atom is 0.257 e. The lowest BCUT2D eigenvalue weighted by atomic mass is 10.2. The van der Waals surface area contributed by atoms with E-state index in [9.17, 15) is 9.18 Å². The van der Waals surface area contributed by atoms with Crippen LogP contribution in [-0.2, 0) is 10.8 Å². The fourth-order valence-electron chi connectivity index (χ4n) is 2.32. The number of ether oxygens (including phenoxy) is 1. The van der Waals surface area contributed by atoms with Crippen LogP contribution in [0.15, 0.2) is 66.9 Å². The van der Waals surface area contributed by atoms with Crippen LogP contribution in [0.4, 0.5) is 10.1 Å². The molecule has 0 aliphatic heterocycles. The number of benzene rings is 2. The average Bonchev–Trinajstić information content (AvgIpc) is 2.73. The number of aromatic nitrogens is 1. The largest absolute Gasteiger partial charge is 0.438 e. The topological polar surface area (TPSA) is 72.5 Å². The van der Waals surface area contributed by atoms with E-state index in [1.165, 1.54) is 42.5 Å². The fourth-order valence-corrected chi connectivity index (χ4v) is 2.50. The monoisotopic (exact) mass is 399 g/mol. The van der Waals surface area contributed by atoms with E-state index in [-0.39, 0.29) is 17.6 Å². The molecular weight excluding hydrogens is 381 g/mol. The third kappa shape index (κ3) is 5.45. The standard InChI is InChI=1S/C20H18FN3O3S/c1-28-27-24-16-8-4-14(5-9-16)13-23-19(25)18-3-2-12-22-20(18)26-17-10-6-15(21)7-11-17/h2-12,24H,13H2,1H3,(H,23,25). The molecule has 1 amide bonds. The number of pyridine rings is 1. The fraction of sp³-hybridized carbons (Fsp3) is 0.100. The molecule has 144 valence electrons. The smallest absolute Gasteiger partial charge is 0.257 e. The molecule has 28 heavy (non-hydrogen) atoms. The van der Waals surface area contributed by atoms with E-state index in [2.05, 4.69) is 15.8 Å². The molecule has 2 N–H and O–H groups in total. The minimum Gasteiger partial charge on any atom is -0.438 e. The highest BCUT2D eigenvalue weighted by Gasteiger charge is 2.14. The SMILES string of the molecule is CSONc1ccc(CNC(=O)c2cccnc2Oc2ccc(F)cc2)cc1. The van der Waals surface area contributed by atoms with Gasteiger partial charge in [0.05, 0.1) is 5.69 Å². The van der Waals surface area contributed by atoms with Crippen LogP contribution in [-0.4, -0.2) is 17.1 Å². The zero-order chi connectivity index (χ0) is 19.8. The second-order valence-electron chi connectivity index (χ2n) is 5.64. The number of rotatable bonds is 8. The van der Waals surface area contributed by atoms with Crippen molar-refractivity contribution >= 4 is 23.6 Å². The van der Waals surface area contributed by atoms with Gasteiger partial charge in [-0.1, -0.05) is 12.1 Å². The Balaban J connectivity index is 1.63. The molecule has 6 nitrogen and oxygen atoms in total. The van der Waals surface area contributed by atoms with Gasteiger partial charge < -0.3 is 10.1 Å². The van der Waals surface area contributed by atoms with Gasteiger partial charge in [-0.15, -0.1) is 0 Å². The molecule has 0 saturated heterocycles. The summed E-state index contributed by atoms with van der Waals surface area (Å²) in [5.41, 5.74) is 4.80. The van der Waals surface area contributed by atoms with Crippen molar-refractivity contribution < 1.29 is 18.2 Å². The normalized spacial score (nSPS) is 10.4. The molecule has 3 aromatic rings. The summed E-state index contributed by atoms with van der Waals surface area (Å²) in [6.07, 6.45) is 3.33. The van der Waals surface area contributed by atoms with E-state index in [4.69, 9.17) is 9.02 Å². The summed E-state index contributed by atoms with van der Waals surface area (Å²) in [4.78, 5) is 16.7. The van der Waals surface area contributed by atoms with E-state index in [0.29, 0.717) is 17.9 Å². The van der Waals surface area contributed by atoms with E-state index in [0.717, 1.165) is 11.3 Å². The molecular formula is C20H18FN3O3S. The lowest BCUT2D eigenvalue weighted by molar-refractivity contribution is 0.0948. The van der Waals surface area contributed by atoms with Crippen LogP contribution in [0.25, 0.3) is 0 Å². The molecule has 1 aromatic heterocycles. The summed E-state index contributed by atoms with van der Waals surface area (Å²) >= 11 is 1.21. The van der Waals surface area contributed by atoms with Crippen molar-refractivity contribution in [1.29, 1.82) is 0 Å². The Morgan fingerprint density at radius 3 is 2.57 bits per heavy atom. The molecule has 0 unspecified atom stereocenters. The minimum absolute atomic E-state index is 0.153. The first kappa shape index (κ1) is 19.7. The Morgan fingerprint density at radius 1 is 1.11 bits per heavy atom. The summed E-state index contributed by atoms with van der Waals surface area (Å²) < 4.78 is 23.7. The number of carbonyl (C=O) groups excluding carboxylic acids is 1. The second kappa shape index (κ2) is 9.72. The number of hydrogen-bond donors (Lipinski definition) is 2. The Labute approximate surface area is 166 Å². The van der Waals surface area contributed by atoms with Gasteiger partial charge in [0.2, 0.25) is 5.88 Å². The van der Waals surface area contributed by atoms with Gasteiger partial charge in [0, 0.05) is 31.0 Å². The zero-order valence-corrected chi connectivity index (χ0v) is 15.8. The maximum atomic E-state index is 13.0. The summed E-state index contributed by atoms with van der Waals surface area (Å²) in [7, 11) is 0. The summed E-state index contributed by atoms with van der Waals surface area (Å²) in [5.74, 6) is -0.143. The molecule has 8 heteroatoms. The van der Waals surface area contributed by atoms with Crippen molar-refractivity contribution in [2.45, 2.75) is 6.54 Å². The van der Waals surface area contributed by atoms with Crippen LogP contribution in [0.3, 0.4) is 0 Å². The lowest BCUT2D eigenvalue weighted by Gasteiger charge is -2.11. The zero-order valence-electron chi connectivity index (χ0n) is 15.0. The van der Waals surface area contributed by atoms with Crippen LogP contribution in [0.2, 0.25) is 0 Å². The Kier molecular flexibility index (Phi) is 6.83. The van der Waals surface area contributed by atoms with Gasteiger partial charge in [-0.2, -0.15) is 0 Å². The van der Waals surface area contributed by atoms with Crippen molar-refractivity contribution in [2.24, 2.45) is 0 Å². The molecule has 0 bridgehead atoms. The highest BCUT2D eigenvalue weighted by atomic mass is 32.2. The Hall–Kier alpha value is -3.10. The Bertz CT molecular complexity index is 921. The second-order valence-corrected chi connectivity index (χ2v) is 6.14. The van der Waals surface area contributed by atoms with Crippen LogP contribution in [0.1, 0.15) is 15.9 Å². The van der Waals surface area contributed by atoms with E-state index in [1.54, 1.807) is 12.1 Å². The van der Waals surface area contributed by atoms with Crippen molar-refractivity contribution in [3.05, 3.63) is 83.8 Å². The van der Waals surface area contributed by atoms with Gasteiger partial charge >= 0.3 is 0 Å². The first-order valence-electron chi connectivity index (χ1n) is 8.37. The van der Waals surface area contributed by atoms with Gasteiger partial charge in [0.15, 0.2) is 0 Å². The van der Waals surface area contributed by atoms with Crippen LogP contribution in [0, 0.1) is 5.82 Å². The average molecular weight is 399 g/mol. The number of halogens is 1. The number of nitrogens with zero attached hydrogens (tertiary/aromatic N) is 1. The number of hydrogen-bond acceptors (Lipinski definition) is 6. The van der Waals surface area contributed by atoms with Crippen LogP contribution >= 0.6 is 12.0 Å². The van der Waals surface area contributed by atoms with E-state index < -0.39 is 0 Å². The quantitative estimate of drug-likeness (QED) is 0.427. The summed E-state index contributed by atoms with van der Waals surface area (Å²) in [6, 6.07) is 16.2. The van der Waals surface area contributed by atoms with Crippen LogP contribution in [0.5, 0.6) is 11.6 Å². The third-order valence-corrected chi connectivity index (χ3v) is 3.94. The predicted molar refractivity (Wildman–Crippen MR) is 107 cm³/mol. The molecule has 1 heterocycles. The molecule has 0 radical (unpaired) electrons. The summed E-state index contributed by atoms with van der Waals surface area (Å²) in [5, 5.41) is 2.84. The molecule has 3 rings (SSSR count). The van der Waals surface area contributed by atoms with Crippen molar-refractivity contribution in [3.8, 4) is 11.6 Å². The maximum absolute atomic E-state index is 13.0. The number of amides is 1. The van der Waals surface area contributed by atoms with E-state index in [1.807, 2.05) is 30.5 Å². The molecule has 0 aliphatic carbocycles. The highest BCUT2D eigenvalue weighted by Crippen LogP contribution is 2.23. The minimum atomic E-state index is -0.368. The van der Waals surface area contributed by atoms with Crippen molar-refractivity contribution in [3.63, 3.8) is 0 Å². The van der Waals surface area contributed by atoms with Crippen molar-refractivity contribution in [1.82, 2.24) is 10.3 Å². The highest BCUT2D eigenvalue weighted by molar-refractivity contribution is 7.93. The van der Waals surface area contributed by atoms with Gasteiger partial charge in [-0.25, -0.2) is 13.7 Å². The van der Waals surface area contributed by atoms with Gasteiger partial charge in [0.25, 0.3) is 5.91 Å². The summed E-state index contributed by atoms with van der Waals surface area (Å²) in [6.45, 7) is 0.341. The number of anilines is 1. The molecule has 0 aliphatic rings. The predicted octanol–water partition coefficient (Wildman–Crippen LogP) is 4.56. The molecule has 0 saturated carbocycles. The van der Waals surface area contributed by atoms with E-state index >= 15 is 0 Å². The molecule has 2 aromatic carbocycles. The first-order valence-corrected chi connectivity index (χ1v) is 9.52. The third-order valence-electron chi connectivity index (χ3n) is 3.69. The number of nitrogens with one attached hydrogen (secondary N) is 2. The van der Waals surface area contributed by atoms with Crippen LogP contribution < -0.4 is 15.5 Å². The Morgan fingerprint density at radius 2 is 1.86 bits per heavy atom. The molecule has 0 fully saturated rings. The first-order chi connectivity index (χ1) is 13.7.